The zero-order chi connectivity index (χ0) is 13.1. The third kappa shape index (κ3) is 4.77. The number of rotatable bonds is 3. The van der Waals surface area contributed by atoms with Crippen LogP contribution in [0.1, 0.15) is 51.8 Å². The van der Waals surface area contributed by atoms with Crippen molar-refractivity contribution in [2.45, 2.75) is 52.6 Å². The molecule has 1 atom stereocenters. The Kier molecular flexibility index (Phi) is 4.57. The summed E-state index contributed by atoms with van der Waals surface area (Å²) < 4.78 is 5.19. The van der Waals surface area contributed by atoms with E-state index in [1.165, 1.54) is 4.88 Å². The largest absolute Gasteiger partial charge is 0.444 e. The molecule has 1 heterocycles. The maximum atomic E-state index is 11.5. The molecule has 4 heteroatoms. The molecule has 0 aliphatic rings. The van der Waals surface area contributed by atoms with Gasteiger partial charge < -0.3 is 4.74 Å². The summed E-state index contributed by atoms with van der Waals surface area (Å²) in [6.45, 7) is 9.90. The molecule has 0 aromatic carbocycles. The molecule has 1 aromatic rings. The summed E-state index contributed by atoms with van der Waals surface area (Å²) in [5, 5.41) is 4.70. The summed E-state index contributed by atoms with van der Waals surface area (Å²) in [7, 11) is 0. The van der Waals surface area contributed by atoms with Crippen molar-refractivity contribution in [2.24, 2.45) is 0 Å². The molecule has 1 aromatic heterocycles. The van der Waals surface area contributed by atoms with E-state index in [0.29, 0.717) is 5.92 Å². The average Bonchev–Trinajstić information content (AvgIpc) is 2.62. The predicted octanol–water partition coefficient (Wildman–Crippen LogP) is 4.61. The number of amides is 1. The van der Waals surface area contributed by atoms with Gasteiger partial charge in [0.1, 0.15) is 5.60 Å². The van der Waals surface area contributed by atoms with E-state index in [1.807, 2.05) is 32.2 Å². The van der Waals surface area contributed by atoms with Crippen LogP contribution >= 0.6 is 11.3 Å². The molecule has 1 amide bonds. The lowest BCUT2D eigenvalue weighted by atomic mass is 10.1. The van der Waals surface area contributed by atoms with Crippen molar-refractivity contribution >= 4 is 23.1 Å². The molecule has 0 saturated carbocycles. The summed E-state index contributed by atoms with van der Waals surface area (Å²) in [5.41, 5.74) is 0.360. The zero-order valence-corrected chi connectivity index (χ0v) is 12.0. The lowest BCUT2D eigenvalue weighted by Crippen LogP contribution is -2.27. The maximum Gasteiger partial charge on any atom is 0.412 e. The van der Waals surface area contributed by atoms with Crippen molar-refractivity contribution in [3.8, 4) is 0 Å². The minimum atomic E-state index is -0.459. The highest BCUT2D eigenvalue weighted by Crippen LogP contribution is 2.28. The molecular weight excluding hydrogens is 234 g/mol. The van der Waals surface area contributed by atoms with Crippen LogP contribution in [0.15, 0.2) is 11.4 Å². The normalized spacial score (nSPS) is 13.2. The molecular formula is C13H21NO2S. The first kappa shape index (κ1) is 14.0. The molecule has 0 fully saturated rings. The highest BCUT2D eigenvalue weighted by atomic mass is 32.1. The molecule has 96 valence electrons. The van der Waals surface area contributed by atoms with Crippen LogP contribution in [0.2, 0.25) is 0 Å². The molecule has 0 saturated heterocycles. The van der Waals surface area contributed by atoms with Crippen molar-refractivity contribution < 1.29 is 9.53 Å². The first-order valence-corrected chi connectivity index (χ1v) is 6.78. The van der Waals surface area contributed by atoms with Crippen LogP contribution in [0.4, 0.5) is 10.5 Å². The third-order valence-electron chi connectivity index (χ3n) is 2.36. The van der Waals surface area contributed by atoms with Crippen molar-refractivity contribution in [1.29, 1.82) is 0 Å². The van der Waals surface area contributed by atoms with Gasteiger partial charge in [0.05, 0.1) is 5.69 Å². The number of ether oxygens (including phenoxy) is 1. The zero-order valence-electron chi connectivity index (χ0n) is 11.2. The van der Waals surface area contributed by atoms with Gasteiger partial charge in [-0.3, -0.25) is 5.32 Å². The second-order valence-electron chi connectivity index (χ2n) is 5.17. The summed E-state index contributed by atoms with van der Waals surface area (Å²) >= 11 is 1.67. The Hall–Kier alpha value is -1.03. The molecule has 1 unspecified atom stereocenters. The van der Waals surface area contributed by atoms with Crippen molar-refractivity contribution in [3.05, 3.63) is 16.3 Å². The molecule has 0 spiro atoms. The molecule has 0 bridgehead atoms. The summed E-state index contributed by atoms with van der Waals surface area (Å²) in [5.74, 6) is 0.536. The van der Waals surface area contributed by atoms with Crippen molar-refractivity contribution in [1.82, 2.24) is 0 Å². The lowest BCUT2D eigenvalue weighted by molar-refractivity contribution is 0.0636. The minimum absolute atomic E-state index is 0.397. The lowest BCUT2D eigenvalue weighted by Gasteiger charge is -2.19. The van der Waals surface area contributed by atoms with Gasteiger partial charge in [0.25, 0.3) is 0 Å². The van der Waals surface area contributed by atoms with E-state index >= 15 is 0 Å². The number of hydrogen-bond acceptors (Lipinski definition) is 3. The average molecular weight is 255 g/mol. The third-order valence-corrected chi connectivity index (χ3v) is 3.53. The van der Waals surface area contributed by atoms with Gasteiger partial charge in [-0.25, -0.2) is 4.79 Å². The summed E-state index contributed by atoms with van der Waals surface area (Å²) in [6, 6.07) is 2.02. The van der Waals surface area contributed by atoms with Gasteiger partial charge in [-0.1, -0.05) is 13.8 Å². The van der Waals surface area contributed by atoms with E-state index in [0.717, 1.165) is 12.1 Å². The molecule has 0 aliphatic heterocycles. The van der Waals surface area contributed by atoms with Crippen LogP contribution in [-0.4, -0.2) is 11.7 Å². The smallest absolute Gasteiger partial charge is 0.412 e. The van der Waals surface area contributed by atoms with Crippen LogP contribution in [0, 0.1) is 0 Å². The maximum absolute atomic E-state index is 11.5. The van der Waals surface area contributed by atoms with Crippen LogP contribution in [0.3, 0.4) is 0 Å². The number of thiophene rings is 1. The van der Waals surface area contributed by atoms with Gasteiger partial charge in [-0.15, -0.1) is 11.3 Å². The standard InChI is InChI=1S/C13H21NO2S/c1-6-9(2)11-7-10(8-17-11)14-12(15)16-13(3,4)5/h7-9H,6H2,1-5H3,(H,14,15). The van der Waals surface area contributed by atoms with Crippen LogP contribution < -0.4 is 5.32 Å². The fourth-order valence-electron chi connectivity index (χ4n) is 1.30. The highest BCUT2D eigenvalue weighted by molar-refractivity contribution is 7.10. The molecule has 17 heavy (non-hydrogen) atoms. The quantitative estimate of drug-likeness (QED) is 0.856. The van der Waals surface area contributed by atoms with E-state index in [2.05, 4.69) is 19.2 Å². The Balaban J connectivity index is 2.58. The fourth-order valence-corrected chi connectivity index (χ4v) is 2.28. The molecule has 0 radical (unpaired) electrons. The van der Waals surface area contributed by atoms with Gasteiger partial charge in [0, 0.05) is 10.3 Å². The molecule has 3 nitrogen and oxygen atoms in total. The molecule has 1 rings (SSSR count). The van der Waals surface area contributed by atoms with Gasteiger partial charge >= 0.3 is 6.09 Å². The number of carbonyl (C=O) groups is 1. The summed E-state index contributed by atoms with van der Waals surface area (Å²) in [4.78, 5) is 12.8. The molecule has 1 N–H and O–H groups in total. The predicted molar refractivity (Wildman–Crippen MR) is 72.9 cm³/mol. The Morgan fingerprint density at radius 2 is 2.18 bits per heavy atom. The van der Waals surface area contributed by atoms with Crippen LogP contribution in [0.25, 0.3) is 0 Å². The van der Waals surface area contributed by atoms with Crippen LogP contribution in [0.5, 0.6) is 0 Å². The fraction of sp³-hybridized carbons (Fsp3) is 0.615. The minimum Gasteiger partial charge on any atom is -0.444 e. The second-order valence-corrected chi connectivity index (χ2v) is 6.12. The van der Waals surface area contributed by atoms with Gasteiger partial charge in [0.15, 0.2) is 0 Å². The van der Waals surface area contributed by atoms with E-state index in [1.54, 1.807) is 11.3 Å². The Morgan fingerprint density at radius 3 is 2.71 bits per heavy atom. The number of hydrogen-bond donors (Lipinski definition) is 1. The first-order chi connectivity index (χ1) is 7.81. The van der Waals surface area contributed by atoms with Crippen LogP contribution in [-0.2, 0) is 4.74 Å². The molecule has 0 aliphatic carbocycles. The number of nitrogens with one attached hydrogen (secondary N) is 1. The Bertz CT molecular complexity index is 379. The summed E-state index contributed by atoms with van der Waals surface area (Å²) in [6.07, 6.45) is 0.706. The van der Waals surface area contributed by atoms with E-state index in [9.17, 15) is 4.79 Å². The highest BCUT2D eigenvalue weighted by Gasteiger charge is 2.16. The number of anilines is 1. The van der Waals surface area contributed by atoms with Crippen molar-refractivity contribution in [3.63, 3.8) is 0 Å². The van der Waals surface area contributed by atoms with E-state index in [-0.39, 0.29) is 0 Å². The SMILES string of the molecule is CCC(C)c1cc(NC(=O)OC(C)(C)C)cs1. The first-order valence-electron chi connectivity index (χ1n) is 5.90. The van der Waals surface area contributed by atoms with Crippen molar-refractivity contribution in [2.75, 3.05) is 5.32 Å². The van der Waals surface area contributed by atoms with Gasteiger partial charge in [-0.2, -0.15) is 0 Å². The number of carbonyl (C=O) groups excluding carboxylic acids is 1. The Labute approximate surface area is 107 Å². The van der Waals surface area contributed by atoms with Gasteiger partial charge in [0.2, 0.25) is 0 Å². The van der Waals surface area contributed by atoms with E-state index < -0.39 is 11.7 Å². The monoisotopic (exact) mass is 255 g/mol. The topological polar surface area (TPSA) is 38.3 Å². The Morgan fingerprint density at radius 1 is 1.53 bits per heavy atom. The van der Waals surface area contributed by atoms with E-state index in [4.69, 9.17) is 4.74 Å². The van der Waals surface area contributed by atoms with Gasteiger partial charge in [-0.05, 0) is 39.2 Å². The second kappa shape index (κ2) is 5.54.